The number of sulfonamides is 1. The molecule has 0 unspecified atom stereocenters. The van der Waals surface area contributed by atoms with Crippen LogP contribution in [0.5, 0.6) is 0 Å². The highest BCUT2D eigenvalue weighted by Gasteiger charge is 2.21. The van der Waals surface area contributed by atoms with Crippen LogP contribution < -0.4 is 9.62 Å². The number of aryl methyl sites for hydroxylation is 2. The zero-order valence-electron chi connectivity index (χ0n) is 15.3. The van der Waals surface area contributed by atoms with Crippen LogP contribution in [0.3, 0.4) is 0 Å². The Morgan fingerprint density at radius 2 is 1.85 bits per heavy atom. The zero-order chi connectivity index (χ0) is 19.5. The minimum absolute atomic E-state index is 0.0467. The summed E-state index contributed by atoms with van der Waals surface area (Å²) < 4.78 is 27.7. The summed E-state index contributed by atoms with van der Waals surface area (Å²) >= 11 is 0. The molecule has 0 saturated heterocycles. The van der Waals surface area contributed by atoms with Crippen LogP contribution in [0.1, 0.15) is 35.3 Å². The Kier molecular flexibility index (Phi) is 5.86. The molecule has 2 aromatic rings. The highest BCUT2D eigenvalue weighted by molar-refractivity contribution is 7.92. The second-order valence-corrected chi connectivity index (χ2v) is 7.60. The first kappa shape index (κ1) is 19.7. The summed E-state index contributed by atoms with van der Waals surface area (Å²) in [6, 6.07) is 6.32. The summed E-state index contributed by atoms with van der Waals surface area (Å²) in [5.41, 5.74) is 1.64. The normalized spacial score (nSPS) is 11.2. The van der Waals surface area contributed by atoms with Crippen LogP contribution >= 0.6 is 0 Å². The van der Waals surface area contributed by atoms with E-state index in [0.717, 1.165) is 5.56 Å². The summed E-state index contributed by atoms with van der Waals surface area (Å²) in [7, 11) is -3.84. The van der Waals surface area contributed by atoms with Crippen molar-refractivity contribution in [1.82, 2.24) is 4.98 Å². The third kappa shape index (κ3) is 4.13. The molecule has 0 aliphatic rings. The molecule has 0 aliphatic heterocycles. The molecular weight excluding hydrogens is 354 g/mol. The molecule has 0 radical (unpaired) electrons. The minimum atomic E-state index is -3.84. The van der Waals surface area contributed by atoms with Crippen LogP contribution in [-0.4, -0.2) is 37.6 Å². The second kappa shape index (κ2) is 7.74. The number of aromatic nitrogens is 1. The fourth-order valence-electron chi connectivity index (χ4n) is 2.76. The molecule has 7 nitrogen and oxygen atoms in total. The van der Waals surface area contributed by atoms with Crippen molar-refractivity contribution < 1.29 is 18.3 Å². The van der Waals surface area contributed by atoms with Gasteiger partial charge in [0, 0.05) is 13.1 Å². The standard InChI is InChI=1S/C18H23N3O4S/c1-5-21(6-2)17-15(18(22)23)10-14(11-19-17)20-26(24,25)16-8-7-12(3)9-13(16)4/h7-11,20H,5-6H2,1-4H3,(H,22,23). The first-order chi connectivity index (χ1) is 12.2. The molecule has 1 aromatic heterocycles. The number of anilines is 2. The predicted octanol–water partition coefficient (Wildman–Crippen LogP) is 3.04. The van der Waals surface area contributed by atoms with Gasteiger partial charge in [0.1, 0.15) is 11.4 Å². The lowest BCUT2D eigenvalue weighted by Gasteiger charge is -2.22. The van der Waals surface area contributed by atoms with Crippen molar-refractivity contribution in [3.63, 3.8) is 0 Å². The van der Waals surface area contributed by atoms with E-state index in [-0.39, 0.29) is 16.1 Å². The topological polar surface area (TPSA) is 99.6 Å². The lowest BCUT2D eigenvalue weighted by molar-refractivity contribution is 0.0697. The summed E-state index contributed by atoms with van der Waals surface area (Å²) in [6.45, 7) is 8.58. The maximum Gasteiger partial charge on any atom is 0.339 e. The molecule has 0 bridgehead atoms. The number of hydrogen-bond acceptors (Lipinski definition) is 5. The van der Waals surface area contributed by atoms with Crippen LogP contribution in [0.15, 0.2) is 35.4 Å². The molecule has 8 heteroatoms. The molecule has 2 rings (SSSR count). The number of rotatable bonds is 7. The molecule has 0 saturated carbocycles. The van der Waals surface area contributed by atoms with Gasteiger partial charge in [0.25, 0.3) is 10.0 Å². The van der Waals surface area contributed by atoms with Crippen LogP contribution in [0.2, 0.25) is 0 Å². The number of nitrogens with zero attached hydrogens (tertiary/aromatic N) is 2. The first-order valence-electron chi connectivity index (χ1n) is 8.28. The van der Waals surface area contributed by atoms with E-state index in [1.807, 2.05) is 20.8 Å². The maximum absolute atomic E-state index is 12.6. The van der Waals surface area contributed by atoms with E-state index in [2.05, 4.69) is 9.71 Å². The predicted molar refractivity (Wildman–Crippen MR) is 101 cm³/mol. The largest absolute Gasteiger partial charge is 0.478 e. The SMILES string of the molecule is CCN(CC)c1ncc(NS(=O)(=O)c2ccc(C)cc2C)cc1C(=O)O. The van der Waals surface area contributed by atoms with Crippen molar-refractivity contribution in [2.45, 2.75) is 32.6 Å². The lowest BCUT2D eigenvalue weighted by atomic mass is 10.2. The van der Waals surface area contributed by atoms with E-state index in [9.17, 15) is 18.3 Å². The first-order valence-corrected chi connectivity index (χ1v) is 9.76. The van der Waals surface area contributed by atoms with Crippen molar-refractivity contribution in [2.24, 2.45) is 0 Å². The quantitative estimate of drug-likeness (QED) is 0.769. The Balaban J connectivity index is 2.43. The molecule has 0 amide bonds. The van der Waals surface area contributed by atoms with E-state index >= 15 is 0 Å². The Morgan fingerprint density at radius 1 is 1.19 bits per heavy atom. The molecular formula is C18H23N3O4S. The fraction of sp³-hybridized carbons (Fsp3) is 0.333. The number of nitrogens with one attached hydrogen (secondary N) is 1. The molecule has 0 fully saturated rings. The molecule has 0 aliphatic carbocycles. The van der Waals surface area contributed by atoms with Gasteiger partial charge in [0.2, 0.25) is 0 Å². The van der Waals surface area contributed by atoms with E-state index < -0.39 is 16.0 Å². The van der Waals surface area contributed by atoms with E-state index in [1.165, 1.54) is 18.3 Å². The highest BCUT2D eigenvalue weighted by Crippen LogP contribution is 2.24. The minimum Gasteiger partial charge on any atom is -0.478 e. The third-order valence-corrected chi connectivity index (χ3v) is 5.57. The van der Waals surface area contributed by atoms with Gasteiger partial charge in [-0.05, 0) is 45.4 Å². The van der Waals surface area contributed by atoms with Crippen molar-refractivity contribution in [1.29, 1.82) is 0 Å². The van der Waals surface area contributed by atoms with Gasteiger partial charge in [0.05, 0.1) is 16.8 Å². The lowest BCUT2D eigenvalue weighted by Crippen LogP contribution is -2.25. The number of carbonyl (C=O) groups is 1. The summed E-state index contributed by atoms with van der Waals surface area (Å²) in [6.07, 6.45) is 1.33. The van der Waals surface area contributed by atoms with Crippen LogP contribution in [-0.2, 0) is 10.0 Å². The Morgan fingerprint density at radius 3 is 2.38 bits per heavy atom. The molecule has 140 valence electrons. The smallest absolute Gasteiger partial charge is 0.339 e. The van der Waals surface area contributed by atoms with Crippen LogP contribution in [0.4, 0.5) is 11.5 Å². The van der Waals surface area contributed by atoms with Crippen molar-refractivity contribution in [3.8, 4) is 0 Å². The van der Waals surface area contributed by atoms with Gasteiger partial charge in [0.15, 0.2) is 0 Å². The van der Waals surface area contributed by atoms with Crippen LogP contribution in [0, 0.1) is 13.8 Å². The number of pyridine rings is 1. The van der Waals surface area contributed by atoms with Crippen LogP contribution in [0.25, 0.3) is 0 Å². The number of carboxylic acids is 1. The summed E-state index contributed by atoms with van der Waals surface area (Å²) in [4.78, 5) is 17.7. The number of hydrogen-bond donors (Lipinski definition) is 2. The Hall–Kier alpha value is -2.61. The van der Waals surface area contributed by atoms with Gasteiger partial charge in [-0.1, -0.05) is 17.7 Å². The molecule has 0 atom stereocenters. The molecule has 1 aromatic carbocycles. The fourth-order valence-corrected chi connectivity index (χ4v) is 4.02. The second-order valence-electron chi connectivity index (χ2n) is 5.95. The number of carboxylic acid groups (broad SMARTS) is 1. The van der Waals surface area contributed by atoms with Crippen molar-refractivity contribution >= 4 is 27.5 Å². The zero-order valence-corrected chi connectivity index (χ0v) is 16.1. The number of aromatic carboxylic acids is 1. The van der Waals surface area contributed by atoms with Gasteiger partial charge in [-0.25, -0.2) is 18.2 Å². The van der Waals surface area contributed by atoms with Gasteiger partial charge < -0.3 is 10.0 Å². The molecule has 26 heavy (non-hydrogen) atoms. The van der Waals surface area contributed by atoms with Gasteiger partial charge >= 0.3 is 5.97 Å². The average molecular weight is 377 g/mol. The molecule has 1 heterocycles. The maximum atomic E-state index is 12.6. The number of benzene rings is 1. The molecule has 0 spiro atoms. The van der Waals surface area contributed by atoms with Crippen molar-refractivity contribution in [2.75, 3.05) is 22.7 Å². The van der Waals surface area contributed by atoms with Gasteiger partial charge in [-0.3, -0.25) is 4.72 Å². The van der Waals surface area contributed by atoms with E-state index in [0.29, 0.717) is 24.5 Å². The summed E-state index contributed by atoms with van der Waals surface area (Å²) in [5.74, 6) is -0.844. The average Bonchev–Trinajstić information content (AvgIpc) is 2.56. The Bertz CT molecular complexity index is 922. The highest BCUT2D eigenvalue weighted by atomic mass is 32.2. The van der Waals surface area contributed by atoms with Gasteiger partial charge in [-0.15, -0.1) is 0 Å². The van der Waals surface area contributed by atoms with E-state index in [4.69, 9.17) is 0 Å². The monoisotopic (exact) mass is 377 g/mol. The molecule has 2 N–H and O–H groups in total. The van der Waals surface area contributed by atoms with E-state index in [1.54, 1.807) is 24.0 Å². The van der Waals surface area contributed by atoms with Crippen molar-refractivity contribution in [3.05, 3.63) is 47.2 Å². The van der Waals surface area contributed by atoms with Gasteiger partial charge in [-0.2, -0.15) is 0 Å². The third-order valence-electron chi connectivity index (χ3n) is 4.03. The summed E-state index contributed by atoms with van der Waals surface area (Å²) in [5, 5.41) is 9.48. The Labute approximate surface area is 153 Å².